The summed E-state index contributed by atoms with van der Waals surface area (Å²) in [5.41, 5.74) is 3.03. The zero-order valence-electron chi connectivity index (χ0n) is 15.9. The van der Waals surface area contributed by atoms with Crippen molar-refractivity contribution in [2.45, 2.75) is 19.1 Å². The number of amides is 2. The van der Waals surface area contributed by atoms with Crippen LogP contribution in [-0.4, -0.2) is 34.9 Å². The molecule has 0 fully saturated rings. The van der Waals surface area contributed by atoms with Gasteiger partial charge in [0, 0.05) is 31.1 Å². The van der Waals surface area contributed by atoms with Crippen molar-refractivity contribution in [2.75, 3.05) is 16.8 Å². The molecule has 4 heterocycles. The Labute approximate surface area is 167 Å². The molecule has 7 heteroatoms. The molecule has 144 valence electrons. The van der Waals surface area contributed by atoms with E-state index in [4.69, 9.17) is 4.74 Å². The van der Waals surface area contributed by atoms with E-state index in [0.717, 1.165) is 11.1 Å². The molecule has 3 aromatic rings. The molecule has 29 heavy (non-hydrogen) atoms. The molecule has 1 aromatic carbocycles. The summed E-state index contributed by atoms with van der Waals surface area (Å²) in [6.07, 6.45) is 4.44. The van der Waals surface area contributed by atoms with Crippen molar-refractivity contribution in [3.8, 4) is 5.75 Å². The number of likely N-dealkylation sites (N-methyl/N-ethyl adjacent to an activating group) is 1. The molecule has 2 unspecified atom stereocenters. The number of hydrogen-bond acceptors (Lipinski definition) is 5. The molecule has 5 rings (SSSR count). The Balaban J connectivity index is 1.64. The highest BCUT2D eigenvalue weighted by Crippen LogP contribution is 2.43. The first-order chi connectivity index (χ1) is 14.1. The SMILES string of the molecule is CC1Oc2cc(N3C(=O)c4ccccc4C3c3cccnc3)ncc2N(C)C1=O. The van der Waals surface area contributed by atoms with Crippen LogP contribution in [0.3, 0.4) is 0 Å². The minimum absolute atomic E-state index is 0.129. The number of carbonyl (C=O) groups excluding carboxylic acids is 2. The molecule has 0 saturated carbocycles. The van der Waals surface area contributed by atoms with E-state index in [0.29, 0.717) is 22.8 Å². The zero-order chi connectivity index (χ0) is 20.1. The van der Waals surface area contributed by atoms with Gasteiger partial charge >= 0.3 is 0 Å². The van der Waals surface area contributed by atoms with Gasteiger partial charge in [-0.15, -0.1) is 0 Å². The van der Waals surface area contributed by atoms with Crippen molar-refractivity contribution < 1.29 is 14.3 Å². The van der Waals surface area contributed by atoms with E-state index in [-0.39, 0.29) is 17.9 Å². The standard InChI is InChI=1S/C22H18N4O3/c1-13-21(27)25(2)17-12-24-19(10-18(17)29-13)26-20(14-6-5-9-23-11-14)15-7-3-4-8-16(15)22(26)28/h3-13,20H,1-2H3. The summed E-state index contributed by atoms with van der Waals surface area (Å²) in [6, 6.07) is 12.7. The molecular weight excluding hydrogens is 368 g/mol. The highest BCUT2D eigenvalue weighted by molar-refractivity contribution is 6.11. The normalized spacial score (nSPS) is 20.3. The van der Waals surface area contributed by atoms with Crippen LogP contribution < -0.4 is 14.5 Å². The van der Waals surface area contributed by atoms with Gasteiger partial charge in [0.05, 0.1) is 12.2 Å². The van der Waals surface area contributed by atoms with Gasteiger partial charge in [-0.05, 0) is 30.2 Å². The number of nitrogens with zero attached hydrogens (tertiary/aromatic N) is 4. The van der Waals surface area contributed by atoms with Gasteiger partial charge in [-0.25, -0.2) is 4.98 Å². The Hall–Kier alpha value is -3.74. The van der Waals surface area contributed by atoms with Gasteiger partial charge in [0.15, 0.2) is 6.10 Å². The molecule has 2 aliphatic rings. The number of hydrogen-bond donors (Lipinski definition) is 0. The van der Waals surface area contributed by atoms with Gasteiger partial charge in [-0.3, -0.25) is 19.5 Å². The Bertz CT molecular complexity index is 1130. The number of ether oxygens (including phenoxy) is 1. The summed E-state index contributed by atoms with van der Waals surface area (Å²) >= 11 is 0. The summed E-state index contributed by atoms with van der Waals surface area (Å²) in [7, 11) is 1.69. The summed E-state index contributed by atoms with van der Waals surface area (Å²) < 4.78 is 5.79. The lowest BCUT2D eigenvalue weighted by Gasteiger charge is -2.31. The minimum atomic E-state index is -0.594. The molecule has 2 atom stereocenters. The van der Waals surface area contributed by atoms with Gasteiger partial charge in [0.1, 0.15) is 17.3 Å². The number of rotatable bonds is 2. The van der Waals surface area contributed by atoms with E-state index in [1.54, 1.807) is 43.5 Å². The molecular formula is C22H18N4O3. The van der Waals surface area contributed by atoms with E-state index >= 15 is 0 Å². The third-order valence-corrected chi connectivity index (χ3v) is 5.38. The highest BCUT2D eigenvalue weighted by atomic mass is 16.5. The lowest BCUT2D eigenvalue weighted by atomic mass is 9.99. The average Bonchev–Trinajstić information content (AvgIpc) is 3.05. The zero-order valence-corrected chi connectivity index (χ0v) is 15.9. The molecule has 2 aromatic heterocycles. The largest absolute Gasteiger partial charge is 0.478 e. The molecule has 0 spiro atoms. The van der Waals surface area contributed by atoms with E-state index in [1.807, 2.05) is 36.4 Å². The maximum absolute atomic E-state index is 13.3. The van der Waals surface area contributed by atoms with Crippen molar-refractivity contribution in [3.05, 3.63) is 77.7 Å². The van der Waals surface area contributed by atoms with Gasteiger partial charge in [-0.1, -0.05) is 24.3 Å². The summed E-state index contributed by atoms with van der Waals surface area (Å²) in [5.74, 6) is 0.729. The van der Waals surface area contributed by atoms with Crippen LogP contribution in [0.2, 0.25) is 0 Å². The van der Waals surface area contributed by atoms with E-state index in [9.17, 15) is 9.59 Å². The second-order valence-corrected chi connectivity index (χ2v) is 7.12. The van der Waals surface area contributed by atoms with E-state index in [2.05, 4.69) is 9.97 Å². The fourth-order valence-corrected chi connectivity index (χ4v) is 3.95. The van der Waals surface area contributed by atoms with Crippen molar-refractivity contribution in [1.82, 2.24) is 9.97 Å². The Morgan fingerprint density at radius 1 is 1.07 bits per heavy atom. The number of benzene rings is 1. The van der Waals surface area contributed by atoms with Crippen LogP contribution in [0.4, 0.5) is 11.5 Å². The quantitative estimate of drug-likeness (QED) is 0.677. The van der Waals surface area contributed by atoms with Gasteiger partial charge in [0.2, 0.25) is 0 Å². The highest BCUT2D eigenvalue weighted by Gasteiger charge is 2.40. The molecule has 0 saturated heterocycles. The topological polar surface area (TPSA) is 75.6 Å². The predicted octanol–water partition coefficient (Wildman–Crippen LogP) is 2.97. The van der Waals surface area contributed by atoms with Gasteiger partial charge < -0.3 is 9.64 Å². The maximum Gasteiger partial charge on any atom is 0.267 e. The van der Waals surface area contributed by atoms with Crippen molar-refractivity contribution in [2.24, 2.45) is 0 Å². The molecule has 2 amide bonds. The molecule has 0 N–H and O–H groups in total. The lowest BCUT2D eigenvalue weighted by molar-refractivity contribution is -0.125. The van der Waals surface area contributed by atoms with Crippen LogP contribution >= 0.6 is 0 Å². The fraction of sp³-hybridized carbons (Fsp3) is 0.182. The van der Waals surface area contributed by atoms with Crippen LogP contribution in [0.25, 0.3) is 0 Å². The summed E-state index contributed by atoms with van der Waals surface area (Å²) in [6.45, 7) is 1.71. The predicted molar refractivity (Wildman–Crippen MR) is 107 cm³/mol. The molecule has 0 bridgehead atoms. The Morgan fingerprint density at radius 3 is 2.69 bits per heavy atom. The molecule has 0 aliphatic carbocycles. The number of aromatic nitrogens is 2. The first-order valence-electron chi connectivity index (χ1n) is 9.33. The van der Waals surface area contributed by atoms with Crippen molar-refractivity contribution in [3.63, 3.8) is 0 Å². The maximum atomic E-state index is 13.3. The van der Waals surface area contributed by atoms with Gasteiger partial charge in [-0.2, -0.15) is 0 Å². The first kappa shape index (κ1) is 17.4. The third-order valence-electron chi connectivity index (χ3n) is 5.38. The summed E-state index contributed by atoms with van der Waals surface area (Å²) in [4.78, 5) is 37.4. The van der Waals surface area contributed by atoms with Crippen molar-refractivity contribution in [1.29, 1.82) is 0 Å². The first-order valence-corrected chi connectivity index (χ1v) is 9.33. The fourth-order valence-electron chi connectivity index (χ4n) is 3.95. The molecule has 2 aliphatic heterocycles. The third kappa shape index (κ3) is 2.58. The van der Waals surface area contributed by atoms with Crippen LogP contribution in [0.5, 0.6) is 5.75 Å². The van der Waals surface area contributed by atoms with Gasteiger partial charge in [0.25, 0.3) is 11.8 Å². The molecule has 7 nitrogen and oxygen atoms in total. The smallest absolute Gasteiger partial charge is 0.267 e. The van der Waals surface area contributed by atoms with Crippen LogP contribution in [0.1, 0.15) is 34.5 Å². The van der Waals surface area contributed by atoms with Crippen LogP contribution in [0, 0.1) is 0 Å². The second kappa shape index (κ2) is 6.41. The van der Waals surface area contributed by atoms with Crippen molar-refractivity contribution >= 4 is 23.3 Å². The average molecular weight is 386 g/mol. The number of carbonyl (C=O) groups is 2. The Morgan fingerprint density at radius 2 is 1.90 bits per heavy atom. The van der Waals surface area contributed by atoms with E-state index < -0.39 is 6.10 Å². The number of pyridine rings is 2. The van der Waals surface area contributed by atoms with Crippen LogP contribution in [-0.2, 0) is 4.79 Å². The monoisotopic (exact) mass is 386 g/mol. The Kier molecular flexibility index (Phi) is 3.84. The van der Waals surface area contributed by atoms with Crippen LogP contribution in [0.15, 0.2) is 61.1 Å². The number of anilines is 2. The lowest BCUT2D eigenvalue weighted by Crippen LogP contribution is -2.42. The summed E-state index contributed by atoms with van der Waals surface area (Å²) in [5, 5.41) is 0. The molecule has 0 radical (unpaired) electrons. The minimum Gasteiger partial charge on any atom is -0.478 e. The second-order valence-electron chi connectivity index (χ2n) is 7.12. The van der Waals surface area contributed by atoms with E-state index in [1.165, 1.54) is 4.90 Å². The number of fused-ring (bicyclic) bond motifs is 2.